The molecular formula is C46H38N2O. The van der Waals surface area contributed by atoms with Crippen LogP contribution < -0.4 is 10.5 Å². The monoisotopic (exact) mass is 634 g/mol. The van der Waals surface area contributed by atoms with Gasteiger partial charge in [-0.1, -0.05) is 145 Å². The number of pyridine rings is 1. The Morgan fingerprint density at radius 1 is 0.612 bits per heavy atom. The fourth-order valence-corrected chi connectivity index (χ4v) is 7.68. The Kier molecular flexibility index (Phi) is 7.81. The molecule has 3 nitrogen and oxygen atoms in total. The van der Waals surface area contributed by atoms with Gasteiger partial charge in [0.15, 0.2) is 0 Å². The standard InChI is InChI=1S/C33H26N2O.C13H12/c1-20-10-6-7-13-23(20)29-21(2)16-17-24-25-18-19-28-30(32(25)34-33(36)31(24)29)26-14-8-9-15-27(26)35(28)22-11-4-3-5-12-22;1-11-6-5-9-13(10-11)12-7-3-2-4-8-12/h3-19,26-27H,1-2H3,(H,34,36);2-10H,1H3. The number of aromatic amines is 1. The molecule has 6 aromatic carbocycles. The second kappa shape index (κ2) is 12.6. The molecule has 2 heterocycles. The van der Waals surface area contributed by atoms with E-state index >= 15 is 0 Å². The highest BCUT2D eigenvalue weighted by Gasteiger charge is 2.39. The predicted octanol–water partition coefficient (Wildman–Crippen LogP) is 11.4. The van der Waals surface area contributed by atoms with Gasteiger partial charge in [0, 0.05) is 28.2 Å². The third-order valence-electron chi connectivity index (χ3n) is 9.96. The van der Waals surface area contributed by atoms with Crippen molar-refractivity contribution >= 4 is 33.1 Å². The second-order valence-electron chi connectivity index (χ2n) is 13.1. The first-order chi connectivity index (χ1) is 24.0. The lowest BCUT2D eigenvalue weighted by Crippen LogP contribution is -2.28. The van der Waals surface area contributed by atoms with Crippen LogP contribution >= 0.6 is 0 Å². The molecule has 1 aliphatic heterocycles. The van der Waals surface area contributed by atoms with Crippen LogP contribution in [0.2, 0.25) is 0 Å². The highest BCUT2D eigenvalue weighted by atomic mass is 16.1. The van der Waals surface area contributed by atoms with Gasteiger partial charge in [-0.15, -0.1) is 0 Å². The number of para-hydroxylation sites is 1. The molecule has 0 bridgehead atoms. The minimum atomic E-state index is -0.0297. The maximum Gasteiger partial charge on any atom is 0.256 e. The SMILES string of the molecule is Cc1cccc(-c2ccccc2)c1.Cc1ccccc1-c1c(C)ccc2c1c(=O)[nH]c1c3c(ccc12)N(c1ccccc1)C1C=CC=CC31. The number of benzene rings is 6. The minimum absolute atomic E-state index is 0.0297. The number of hydrogen-bond acceptors (Lipinski definition) is 2. The van der Waals surface area contributed by atoms with E-state index in [2.05, 4.69) is 164 Å². The fraction of sp³-hybridized carbons (Fsp3) is 0.109. The summed E-state index contributed by atoms with van der Waals surface area (Å²) in [4.78, 5) is 19.6. The molecule has 0 saturated heterocycles. The smallest absolute Gasteiger partial charge is 0.256 e. The molecule has 0 amide bonds. The van der Waals surface area contributed by atoms with Gasteiger partial charge in [-0.2, -0.15) is 0 Å². The van der Waals surface area contributed by atoms with Gasteiger partial charge in [0.05, 0.1) is 16.9 Å². The maximum atomic E-state index is 13.9. The van der Waals surface area contributed by atoms with Crippen molar-refractivity contribution in [3.8, 4) is 22.3 Å². The van der Waals surface area contributed by atoms with E-state index in [1.165, 1.54) is 27.8 Å². The summed E-state index contributed by atoms with van der Waals surface area (Å²) >= 11 is 0. The summed E-state index contributed by atoms with van der Waals surface area (Å²) in [5, 5.41) is 2.87. The number of fused-ring (bicyclic) bond motifs is 7. The van der Waals surface area contributed by atoms with Crippen LogP contribution in [0.4, 0.5) is 11.4 Å². The minimum Gasteiger partial charge on any atom is -0.333 e. The van der Waals surface area contributed by atoms with Crippen molar-refractivity contribution in [2.75, 3.05) is 4.90 Å². The molecular weight excluding hydrogens is 597 g/mol. The van der Waals surface area contributed by atoms with Crippen LogP contribution in [-0.2, 0) is 0 Å². The van der Waals surface area contributed by atoms with Crippen LogP contribution in [0.15, 0.2) is 163 Å². The largest absolute Gasteiger partial charge is 0.333 e. The molecule has 0 radical (unpaired) electrons. The van der Waals surface area contributed by atoms with Crippen LogP contribution in [0.3, 0.4) is 0 Å². The van der Waals surface area contributed by atoms with E-state index in [0.717, 1.165) is 49.7 Å². The number of aryl methyl sites for hydroxylation is 3. The molecule has 3 heteroatoms. The van der Waals surface area contributed by atoms with Crippen molar-refractivity contribution in [3.05, 3.63) is 190 Å². The average Bonchev–Trinajstić information content (AvgIpc) is 3.48. The normalized spacial score (nSPS) is 15.9. The molecule has 0 fully saturated rings. The van der Waals surface area contributed by atoms with E-state index in [-0.39, 0.29) is 17.5 Å². The summed E-state index contributed by atoms with van der Waals surface area (Å²) in [5.41, 5.74) is 12.7. The molecule has 2 atom stereocenters. The Labute approximate surface area is 287 Å². The zero-order valence-electron chi connectivity index (χ0n) is 28.0. The summed E-state index contributed by atoms with van der Waals surface area (Å²) in [6.07, 6.45) is 8.78. The number of nitrogens with zero attached hydrogens (tertiary/aromatic N) is 1. The lowest BCUT2D eigenvalue weighted by atomic mass is 9.87. The molecule has 1 aromatic heterocycles. The summed E-state index contributed by atoms with van der Waals surface area (Å²) < 4.78 is 0. The molecule has 238 valence electrons. The number of hydrogen-bond donors (Lipinski definition) is 1. The molecule has 2 unspecified atom stereocenters. The third kappa shape index (κ3) is 5.38. The van der Waals surface area contributed by atoms with E-state index in [0.29, 0.717) is 0 Å². The van der Waals surface area contributed by atoms with Crippen molar-refractivity contribution < 1.29 is 0 Å². The second-order valence-corrected chi connectivity index (χ2v) is 13.1. The molecule has 7 aromatic rings. The van der Waals surface area contributed by atoms with Gasteiger partial charge in [0.25, 0.3) is 5.56 Å². The molecule has 9 rings (SSSR count). The first-order valence-electron chi connectivity index (χ1n) is 17.0. The first-order valence-corrected chi connectivity index (χ1v) is 17.0. The molecule has 2 aliphatic rings. The Morgan fingerprint density at radius 3 is 2.08 bits per heavy atom. The van der Waals surface area contributed by atoms with E-state index in [1.54, 1.807) is 0 Å². The number of nitrogens with one attached hydrogen (secondary N) is 1. The van der Waals surface area contributed by atoms with E-state index in [1.807, 2.05) is 24.3 Å². The average molecular weight is 635 g/mol. The number of H-pyrrole nitrogens is 1. The van der Waals surface area contributed by atoms with Crippen LogP contribution in [-0.4, -0.2) is 11.0 Å². The Morgan fingerprint density at radius 2 is 1.31 bits per heavy atom. The zero-order valence-corrected chi connectivity index (χ0v) is 28.0. The van der Waals surface area contributed by atoms with E-state index in [9.17, 15) is 4.79 Å². The van der Waals surface area contributed by atoms with Gasteiger partial charge in [0.1, 0.15) is 0 Å². The Balaban J connectivity index is 0.000000225. The molecule has 1 aliphatic carbocycles. The number of rotatable bonds is 3. The Hall–Kier alpha value is -5.93. The van der Waals surface area contributed by atoms with Crippen LogP contribution in [0.1, 0.15) is 28.2 Å². The van der Waals surface area contributed by atoms with Crippen molar-refractivity contribution in [2.24, 2.45) is 0 Å². The third-order valence-corrected chi connectivity index (χ3v) is 9.96. The highest BCUT2D eigenvalue weighted by molar-refractivity contribution is 6.13. The number of allylic oxidation sites excluding steroid dienone is 2. The molecule has 0 spiro atoms. The van der Waals surface area contributed by atoms with E-state index in [4.69, 9.17) is 0 Å². The van der Waals surface area contributed by atoms with Crippen molar-refractivity contribution in [1.82, 2.24) is 4.98 Å². The topological polar surface area (TPSA) is 36.1 Å². The number of aromatic nitrogens is 1. The van der Waals surface area contributed by atoms with Gasteiger partial charge in [-0.25, -0.2) is 0 Å². The van der Waals surface area contributed by atoms with Gasteiger partial charge < -0.3 is 9.88 Å². The van der Waals surface area contributed by atoms with Crippen LogP contribution in [0, 0.1) is 20.8 Å². The van der Waals surface area contributed by atoms with Crippen molar-refractivity contribution in [3.63, 3.8) is 0 Å². The van der Waals surface area contributed by atoms with Crippen molar-refractivity contribution in [1.29, 1.82) is 0 Å². The lowest BCUT2D eigenvalue weighted by Gasteiger charge is -2.28. The van der Waals surface area contributed by atoms with Gasteiger partial charge >= 0.3 is 0 Å². The maximum absolute atomic E-state index is 13.9. The Bertz CT molecular complexity index is 2450. The summed E-state index contributed by atoms with van der Waals surface area (Å²) in [6, 6.07) is 46.7. The molecule has 1 N–H and O–H groups in total. The summed E-state index contributed by atoms with van der Waals surface area (Å²) in [5.74, 6) is 0.170. The van der Waals surface area contributed by atoms with Crippen molar-refractivity contribution in [2.45, 2.75) is 32.7 Å². The van der Waals surface area contributed by atoms with Gasteiger partial charge in [-0.3, -0.25) is 4.79 Å². The molecule has 49 heavy (non-hydrogen) atoms. The summed E-state index contributed by atoms with van der Waals surface area (Å²) in [6.45, 7) is 6.32. The van der Waals surface area contributed by atoms with E-state index < -0.39 is 0 Å². The quantitative estimate of drug-likeness (QED) is 0.196. The number of anilines is 2. The molecule has 0 saturated carbocycles. The predicted molar refractivity (Wildman–Crippen MR) is 207 cm³/mol. The van der Waals surface area contributed by atoms with Gasteiger partial charge in [0.2, 0.25) is 0 Å². The first kappa shape index (κ1) is 30.4. The summed E-state index contributed by atoms with van der Waals surface area (Å²) in [7, 11) is 0. The fourth-order valence-electron chi connectivity index (χ4n) is 7.68. The lowest BCUT2D eigenvalue weighted by molar-refractivity contribution is 0.746. The highest BCUT2D eigenvalue weighted by Crippen LogP contribution is 2.50. The van der Waals surface area contributed by atoms with Gasteiger partial charge in [-0.05, 0) is 77.7 Å². The van der Waals surface area contributed by atoms with Crippen LogP contribution in [0.5, 0.6) is 0 Å². The van der Waals surface area contributed by atoms with Crippen LogP contribution in [0.25, 0.3) is 43.9 Å². The zero-order chi connectivity index (χ0) is 33.5.